The summed E-state index contributed by atoms with van der Waals surface area (Å²) in [4.78, 5) is 11.7. The maximum absolute atomic E-state index is 11.7. The zero-order chi connectivity index (χ0) is 10.9. The van der Waals surface area contributed by atoms with Gasteiger partial charge >= 0.3 is 5.97 Å². The number of carbonyl (C=O) groups excluding carboxylic acids is 1. The number of allylic oxidation sites excluding steroid dienone is 2. The highest BCUT2D eigenvalue weighted by Gasteiger charge is 2.71. The molecule has 0 aliphatic heterocycles. The van der Waals surface area contributed by atoms with Gasteiger partial charge in [-0.05, 0) is 54.8 Å². The van der Waals surface area contributed by atoms with Gasteiger partial charge in [0.1, 0.15) is 0 Å². The van der Waals surface area contributed by atoms with Gasteiger partial charge in [-0.15, -0.1) is 0 Å². The van der Waals surface area contributed by atoms with Crippen LogP contribution in [0.3, 0.4) is 0 Å². The third-order valence-corrected chi connectivity index (χ3v) is 5.86. The molecule has 0 amide bonds. The summed E-state index contributed by atoms with van der Waals surface area (Å²) in [5.41, 5.74) is 0.643. The number of hydrogen-bond donors (Lipinski definition) is 0. The van der Waals surface area contributed by atoms with Crippen LogP contribution in [0.15, 0.2) is 12.2 Å². The molecule has 0 N–H and O–H groups in total. The zero-order valence-electron chi connectivity index (χ0n) is 9.69. The van der Waals surface area contributed by atoms with E-state index in [0.29, 0.717) is 5.41 Å². The number of fused-ring (bicyclic) bond motifs is 3. The van der Waals surface area contributed by atoms with E-state index in [9.17, 15) is 4.79 Å². The van der Waals surface area contributed by atoms with Gasteiger partial charge in [0.05, 0.1) is 13.0 Å². The Kier molecular flexibility index (Phi) is 1.57. The van der Waals surface area contributed by atoms with Gasteiger partial charge in [0.25, 0.3) is 0 Å². The molecule has 6 unspecified atom stereocenters. The van der Waals surface area contributed by atoms with Crippen LogP contribution in [0.2, 0.25) is 0 Å². The smallest absolute Gasteiger partial charge is 0.308 e. The molecule has 0 radical (unpaired) electrons. The molecule has 86 valence electrons. The van der Waals surface area contributed by atoms with Crippen LogP contribution in [0.25, 0.3) is 0 Å². The van der Waals surface area contributed by atoms with Crippen LogP contribution < -0.4 is 0 Å². The summed E-state index contributed by atoms with van der Waals surface area (Å²) in [6.45, 7) is 0. The first-order valence-corrected chi connectivity index (χ1v) is 6.52. The van der Waals surface area contributed by atoms with Crippen molar-refractivity contribution in [2.75, 3.05) is 7.11 Å². The Hall–Kier alpha value is -0.790. The average Bonchev–Trinajstić information content (AvgIpc) is 2.70. The highest BCUT2D eigenvalue weighted by atomic mass is 16.5. The molecule has 16 heavy (non-hydrogen) atoms. The van der Waals surface area contributed by atoms with Crippen LogP contribution >= 0.6 is 0 Å². The van der Waals surface area contributed by atoms with Gasteiger partial charge in [-0.2, -0.15) is 0 Å². The molecule has 0 aromatic rings. The van der Waals surface area contributed by atoms with E-state index in [2.05, 4.69) is 12.2 Å². The minimum Gasteiger partial charge on any atom is -0.469 e. The fraction of sp³-hybridized carbons (Fsp3) is 0.786. The molecule has 4 rings (SSSR count). The summed E-state index contributed by atoms with van der Waals surface area (Å²) in [6.07, 6.45) is 9.82. The molecule has 0 heterocycles. The second kappa shape index (κ2) is 2.72. The number of methoxy groups -OCH3 is 1. The zero-order valence-corrected chi connectivity index (χ0v) is 9.69. The molecule has 2 nitrogen and oxygen atoms in total. The lowest BCUT2D eigenvalue weighted by Crippen LogP contribution is -2.33. The fourth-order valence-corrected chi connectivity index (χ4v) is 5.18. The predicted molar refractivity (Wildman–Crippen MR) is 59.5 cm³/mol. The molecule has 0 aromatic heterocycles. The summed E-state index contributed by atoms with van der Waals surface area (Å²) >= 11 is 0. The van der Waals surface area contributed by atoms with Crippen molar-refractivity contribution in [3.05, 3.63) is 12.2 Å². The molecule has 4 aliphatic carbocycles. The minimum absolute atomic E-state index is 0.0345. The van der Waals surface area contributed by atoms with Crippen LogP contribution in [0, 0.1) is 35.0 Å². The number of hydrogen-bond acceptors (Lipinski definition) is 2. The molecule has 0 aromatic carbocycles. The quantitative estimate of drug-likeness (QED) is 0.499. The Bertz CT molecular complexity index is 386. The standard InChI is InChI=1S/C14H18O2/c1-16-13(15)9-5-11-7-14(11)10-3-2-8(4-10)12(14)6-9/h2-3,8-12H,4-7H2,1H3. The second-order valence-electron chi connectivity index (χ2n) is 6.20. The van der Waals surface area contributed by atoms with Crippen molar-refractivity contribution in [3.8, 4) is 0 Å². The minimum atomic E-state index is 0.0345. The topological polar surface area (TPSA) is 26.3 Å². The van der Waals surface area contributed by atoms with Crippen molar-refractivity contribution in [1.82, 2.24) is 0 Å². The number of rotatable bonds is 1. The van der Waals surface area contributed by atoms with Gasteiger partial charge in [0, 0.05) is 0 Å². The lowest BCUT2D eigenvalue weighted by Gasteiger charge is -2.36. The lowest BCUT2D eigenvalue weighted by molar-refractivity contribution is -0.147. The van der Waals surface area contributed by atoms with Crippen molar-refractivity contribution in [2.24, 2.45) is 35.0 Å². The Labute approximate surface area is 96.0 Å². The van der Waals surface area contributed by atoms with Crippen LogP contribution in [-0.2, 0) is 9.53 Å². The van der Waals surface area contributed by atoms with Crippen LogP contribution in [0.1, 0.15) is 25.7 Å². The third-order valence-electron chi connectivity index (χ3n) is 5.86. The van der Waals surface area contributed by atoms with E-state index in [0.717, 1.165) is 36.5 Å². The van der Waals surface area contributed by atoms with Crippen molar-refractivity contribution < 1.29 is 9.53 Å². The predicted octanol–water partition coefficient (Wildman–Crippen LogP) is 2.40. The molecule has 3 fully saturated rings. The summed E-state index contributed by atoms with van der Waals surface area (Å²) in [6, 6.07) is 0. The van der Waals surface area contributed by atoms with Crippen molar-refractivity contribution in [3.63, 3.8) is 0 Å². The first-order chi connectivity index (χ1) is 7.75. The molecular formula is C14H18O2. The molecule has 2 heteroatoms. The van der Waals surface area contributed by atoms with E-state index >= 15 is 0 Å². The van der Waals surface area contributed by atoms with Crippen LogP contribution in [0.4, 0.5) is 0 Å². The normalized spacial score (nSPS) is 55.7. The molecule has 4 aliphatic rings. The Morgan fingerprint density at radius 3 is 3.00 bits per heavy atom. The maximum Gasteiger partial charge on any atom is 0.308 e. The Balaban J connectivity index is 1.64. The monoisotopic (exact) mass is 218 g/mol. The third kappa shape index (κ3) is 0.884. The lowest BCUT2D eigenvalue weighted by atomic mass is 9.68. The Morgan fingerprint density at radius 2 is 2.19 bits per heavy atom. The van der Waals surface area contributed by atoms with E-state index in [1.807, 2.05) is 0 Å². The largest absolute Gasteiger partial charge is 0.469 e. The molecule has 2 bridgehead atoms. The van der Waals surface area contributed by atoms with E-state index in [1.165, 1.54) is 20.0 Å². The van der Waals surface area contributed by atoms with Gasteiger partial charge in [0.2, 0.25) is 0 Å². The van der Waals surface area contributed by atoms with Gasteiger partial charge in [-0.1, -0.05) is 12.2 Å². The molecule has 3 saturated carbocycles. The van der Waals surface area contributed by atoms with Crippen molar-refractivity contribution >= 4 is 5.97 Å². The van der Waals surface area contributed by atoms with E-state index < -0.39 is 0 Å². The highest BCUT2D eigenvalue weighted by molar-refractivity contribution is 5.72. The number of esters is 1. The van der Waals surface area contributed by atoms with Crippen molar-refractivity contribution in [1.29, 1.82) is 0 Å². The maximum atomic E-state index is 11.7. The van der Waals surface area contributed by atoms with E-state index in [-0.39, 0.29) is 11.9 Å². The van der Waals surface area contributed by atoms with E-state index in [4.69, 9.17) is 4.74 Å². The SMILES string of the molecule is COC(=O)C1CC2CC23C2C=CC(C2)C3C1. The number of ether oxygens (including phenoxy) is 1. The first-order valence-electron chi connectivity index (χ1n) is 6.52. The summed E-state index contributed by atoms with van der Waals surface area (Å²) < 4.78 is 4.93. The van der Waals surface area contributed by atoms with Crippen molar-refractivity contribution in [2.45, 2.75) is 25.7 Å². The van der Waals surface area contributed by atoms with E-state index in [1.54, 1.807) is 0 Å². The van der Waals surface area contributed by atoms with Crippen LogP contribution in [0.5, 0.6) is 0 Å². The molecule has 0 saturated heterocycles. The van der Waals surface area contributed by atoms with Crippen LogP contribution in [-0.4, -0.2) is 13.1 Å². The fourth-order valence-electron chi connectivity index (χ4n) is 5.18. The van der Waals surface area contributed by atoms with Gasteiger partial charge < -0.3 is 4.74 Å². The average molecular weight is 218 g/mol. The summed E-state index contributed by atoms with van der Waals surface area (Å²) in [7, 11) is 1.53. The second-order valence-corrected chi connectivity index (χ2v) is 6.20. The number of carbonyl (C=O) groups is 1. The molecular weight excluding hydrogens is 200 g/mol. The summed E-state index contributed by atoms with van der Waals surface area (Å²) in [5, 5.41) is 0. The highest BCUT2D eigenvalue weighted by Crippen LogP contribution is 2.77. The van der Waals surface area contributed by atoms with Gasteiger partial charge in [-0.25, -0.2) is 0 Å². The summed E-state index contributed by atoms with van der Waals surface area (Å²) in [5.74, 6) is 3.49. The van der Waals surface area contributed by atoms with Gasteiger partial charge in [-0.3, -0.25) is 4.79 Å². The molecule has 1 spiro atoms. The van der Waals surface area contributed by atoms with Gasteiger partial charge in [0.15, 0.2) is 0 Å². The Morgan fingerprint density at radius 1 is 1.31 bits per heavy atom. The first kappa shape index (κ1) is 9.26. The molecule has 6 atom stereocenters.